The summed E-state index contributed by atoms with van der Waals surface area (Å²) in [5, 5.41) is 3.64. The summed E-state index contributed by atoms with van der Waals surface area (Å²) in [7, 11) is 0. The van der Waals surface area contributed by atoms with Crippen LogP contribution in [-0.4, -0.2) is 18.2 Å². The van der Waals surface area contributed by atoms with E-state index in [1.165, 1.54) is 17.5 Å². The van der Waals surface area contributed by atoms with Crippen molar-refractivity contribution < 1.29 is 9.47 Å². The molecule has 1 aromatic rings. The van der Waals surface area contributed by atoms with Gasteiger partial charge in [0, 0.05) is 29.6 Å². The lowest BCUT2D eigenvalue weighted by Gasteiger charge is -2.26. The Morgan fingerprint density at radius 2 is 2.10 bits per heavy atom. The molecule has 0 aromatic heterocycles. The first kappa shape index (κ1) is 16.2. The van der Waals surface area contributed by atoms with Crippen LogP contribution in [0.4, 0.5) is 0 Å². The Morgan fingerprint density at radius 1 is 1.33 bits per heavy atom. The SMILES string of the molecule is CCCC(C)(C)NCc1cc2c(cc1OCC)CC(C)O2. The first-order valence-electron chi connectivity index (χ1n) is 8.15. The summed E-state index contributed by atoms with van der Waals surface area (Å²) in [6, 6.07) is 4.31. The van der Waals surface area contributed by atoms with Crippen LogP contribution in [0.2, 0.25) is 0 Å². The van der Waals surface area contributed by atoms with Crippen molar-refractivity contribution in [1.82, 2.24) is 5.32 Å². The minimum Gasteiger partial charge on any atom is -0.494 e. The van der Waals surface area contributed by atoms with Crippen LogP contribution >= 0.6 is 0 Å². The van der Waals surface area contributed by atoms with Crippen molar-refractivity contribution in [3.63, 3.8) is 0 Å². The van der Waals surface area contributed by atoms with Gasteiger partial charge in [-0.15, -0.1) is 0 Å². The zero-order chi connectivity index (χ0) is 15.5. The van der Waals surface area contributed by atoms with E-state index >= 15 is 0 Å². The Morgan fingerprint density at radius 3 is 2.76 bits per heavy atom. The molecule has 1 unspecified atom stereocenters. The molecule has 0 spiro atoms. The minimum atomic E-state index is 0.144. The molecule has 3 heteroatoms. The fourth-order valence-corrected chi connectivity index (χ4v) is 2.96. The quantitative estimate of drug-likeness (QED) is 0.821. The van der Waals surface area contributed by atoms with E-state index in [2.05, 4.69) is 45.1 Å². The van der Waals surface area contributed by atoms with Gasteiger partial charge in [0.15, 0.2) is 0 Å². The molecule has 1 aliphatic rings. The molecule has 1 N–H and O–H groups in total. The highest BCUT2D eigenvalue weighted by atomic mass is 16.5. The van der Waals surface area contributed by atoms with Gasteiger partial charge in [-0.2, -0.15) is 0 Å². The molecule has 1 heterocycles. The molecule has 3 nitrogen and oxygen atoms in total. The van der Waals surface area contributed by atoms with Crippen molar-refractivity contribution in [3.8, 4) is 11.5 Å². The van der Waals surface area contributed by atoms with Gasteiger partial charge in [0.05, 0.1) is 6.61 Å². The number of benzene rings is 1. The normalized spacial score (nSPS) is 17.5. The molecule has 0 aliphatic carbocycles. The van der Waals surface area contributed by atoms with Gasteiger partial charge >= 0.3 is 0 Å². The molecule has 2 rings (SSSR count). The summed E-state index contributed by atoms with van der Waals surface area (Å²) >= 11 is 0. The van der Waals surface area contributed by atoms with Crippen LogP contribution in [-0.2, 0) is 13.0 Å². The fourth-order valence-electron chi connectivity index (χ4n) is 2.96. The maximum atomic E-state index is 5.88. The molecule has 0 saturated heterocycles. The third-order valence-corrected chi connectivity index (χ3v) is 4.01. The van der Waals surface area contributed by atoms with Gasteiger partial charge in [0.1, 0.15) is 17.6 Å². The van der Waals surface area contributed by atoms with E-state index in [-0.39, 0.29) is 11.6 Å². The van der Waals surface area contributed by atoms with Gasteiger partial charge in [-0.05, 0) is 46.2 Å². The van der Waals surface area contributed by atoms with E-state index in [4.69, 9.17) is 9.47 Å². The van der Waals surface area contributed by atoms with E-state index in [0.29, 0.717) is 6.61 Å². The Balaban J connectivity index is 2.16. The third kappa shape index (κ3) is 4.13. The summed E-state index contributed by atoms with van der Waals surface area (Å²) < 4.78 is 11.7. The monoisotopic (exact) mass is 291 g/mol. The van der Waals surface area contributed by atoms with Gasteiger partial charge in [0.2, 0.25) is 0 Å². The van der Waals surface area contributed by atoms with E-state index < -0.39 is 0 Å². The lowest BCUT2D eigenvalue weighted by atomic mass is 9.98. The van der Waals surface area contributed by atoms with Crippen LogP contribution in [0.15, 0.2) is 12.1 Å². The standard InChI is InChI=1S/C18H29NO2/c1-6-8-18(4,5)19-12-15-11-17-14(9-13(3)21-17)10-16(15)20-7-2/h10-11,13,19H,6-9,12H2,1-5H3. The second kappa shape index (κ2) is 6.69. The predicted molar refractivity (Wildman–Crippen MR) is 87.2 cm³/mol. The number of hydrogen-bond acceptors (Lipinski definition) is 3. The molecule has 1 aliphatic heterocycles. The molecule has 0 radical (unpaired) electrons. The highest BCUT2D eigenvalue weighted by Crippen LogP contribution is 2.35. The highest BCUT2D eigenvalue weighted by Gasteiger charge is 2.23. The van der Waals surface area contributed by atoms with E-state index in [1.54, 1.807) is 0 Å². The second-order valence-corrected chi connectivity index (χ2v) is 6.62. The molecule has 1 aromatic carbocycles. The molecule has 118 valence electrons. The Labute approximate surface area is 129 Å². The van der Waals surface area contributed by atoms with E-state index in [9.17, 15) is 0 Å². The molecule has 0 amide bonds. The number of fused-ring (bicyclic) bond motifs is 1. The topological polar surface area (TPSA) is 30.5 Å². The first-order chi connectivity index (χ1) is 9.95. The second-order valence-electron chi connectivity index (χ2n) is 6.62. The summed E-state index contributed by atoms with van der Waals surface area (Å²) in [5.74, 6) is 2.02. The maximum Gasteiger partial charge on any atom is 0.124 e. The van der Waals surface area contributed by atoms with E-state index in [1.807, 2.05) is 6.92 Å². The average molecular weight is 291 g/mol. The number of ether oxygens (including phenoxy) is 2. The Bertz CT molecular complexity index is 482. The van der Waals surface area contributed by atoms with Crippen LogP contribution in [0.5, 0.6) is 11.5 Å². The molecule has 0 bridgehead atoms. The van der Waals surface area contributed by atoms with Crippen molar-refractivity contribution in [2.24, 2.45) is 0 Å². The molecule has 0 fully saturated rings. The van der Waals surface area contributed by atoms with Crippen LogP contribution in [0.3, 0.4) is 0 Å². The van der Waals surface area contributed by atoms with Crippen LogP contribution in [0.25, 0.3) is 0 Å². The third-order valence-electron chi connectivity index (χ3n) is 4.01. The Hall–Kier alpha value is -1.22. The molecular formula is C18H29NO2. The van der Waals surface area contributed by atoms with Crippen molar-refractivity contribution in [2.75, 3.05) is 6.61 Å². The van der Waals surface area contributed by atoms with Crippen LogP contribution < -0.4 is 14.8 Å². The number of hydrogen-bond donors (Lipinski definition) is 1. The predicted octanol–water partition coefficient (Wildman–Crippen LogP) is 4.08. The largest absolute Gasteiger partial charge is 0.494 e. The number of nitrogens with one attached hydrogen (secondary N) is 1. The highest BCUT2D eigenvalue weighted by molar-refractivity contribution is 5.48. The van der Waals surface area contributed by atoms with Crippen molar-refractivity contribution in [3.05, 3.63) is 23.3 Å². The Kier molecular flexibility index (Phi) is 5.15. The smallest absolute Gasteiger partial charge is 0.124 e. The van der Waals surface area contributed by atoms with Gasteiger partial charge in [0.25, 0.3) is 0 Å². The van der Waals surface area contributed by atoms with Crippen molar-refractivity contribution >= 4 is 0 Å². The van der Waals surface area contributed by atoms with Gasteiger partial charge < -0.3 is 14.8 Å². The van der Waals surface area contributed by atoms with Gasteiger partial charge in [-0.3, -0.25) is 0 Å². The lowest BCUT2D eigenvalue weighted by molar-refractivity contribution is 0.254. The number of rotatable bonds is 7. The average Bonchev–Trinajstić information content (AvgIpc) is 2.75. The first-order valence-corrected chi connectivity index (χ1v) is 8.15. The summed E-state index contributed by atoms with van der Waals surface area (Å²) in [4.78, 5) is 0. The summed E-state index contributed by atoms with van der Waals surface area (Å²) in [6.45, 7) is 12.4. The van der Waals surface area contributed by atoms with Crippen LogP contribution in [0, 0.1) is 0 Å². The molecule has 0 saturated carbocycles. The zero-order valence-corrected chi connectivity index (χ0v) is 14.1. The lowest BCUT2D eigenvalue weighted by Crippen LogP contribution is -2.38. The molecule has 21 heavy (non-hydrogen) atoms. The fraction of sp³-hybridized carbons (Fsp3) is 0.667. The minimum absolute atomic E-state index is 0.144. The van der Waals surface area contributed by atoms with Gasteiger partial charge in [-0.25, -0.2) is 0 Å². The summed E-state index contributed by atoms with van der Waals surface area (Å²) in [5.41, 5.74) is 2.60. The molecule has 1 atom stereocenters. The molecular weight excluding hydrogens is 262 g/mol. The maximum absolute atomic E-state index is 5.88. The van der Waals surface area contributed by atoms with Gasteiger partial charge in [-0.1, -0.05) is 13.3 Å². The van der Waals surface area contributed by atoms with E-state index in [0.717, 1.165) is 30.9 Å². The summed E-state index contributed by atoms with van der Waals surface area (Å²) in [6.07, 6.45) is 3.59. The van der Waals surface area contributed by atoms with Crippen LogP contribution in [0.1, 0.15) is 58.6 Å². The van der Waals surface area contributed by atoms with Crippen molar-refractivity contribution in [1.29, 1.82) is 0 Å². The zero-order valence-electron chi connectivity index (χ0n) is 14.1. The van der Waals surface area contributed by atoms with Crippen molar-refractivity contribution in [2.45, 2.75) is 72.1 Å².